The van der Waals surface area contributed by atoms with Gasteiger partial charge >= 0.3 is 0 Å². The third-order valence-corrected chi connectivity index (χ3v) is 3.52. The van der Waals surface area contributed by atoms with Crippen molar-refractivity contribution in [3.63, 3.8) is 0 Å². The highest BCUT2D eigenvalue weighted by atomic mass is 79.9. The summed E-state index contributed by atoms with van der Waals surface area (Å²) in [5.74, 6) is 5.66. The average Bonchev–Trinajstić information content (AvgIpc) is 2.34. The van der Waals surface area contributed by atoms with E-state index in [2.05, 4.69) is 26.3 Å². The lowest BCUT2D eigenvalue weighted by Gasteiger charge is -2.19. The van der Waals surface area contributed by atoms with Crippen LogP contribution in [0, 0.1) is 6.92 Å². The van der Waals surface area contributed by atoms with Gasteiger partial charge in [-0.2, -0.15) is 0 Å². The summed E-state index contributed by atoms with van der Waals surface area (Å²) in [5, 5.41) is 0. The zero-order valence-electron chi connectivity index (χ0n) is 10.0. The van der Waals surface area contributed by atoms with Gasteiger partial charge in [0.25, 0.3) is 0 Å². The lowest BCUT2D eigenvalue weighted by atomic mass is 9.98. The Hall–Kier alpha value is -1.43. The number of benzene rings is 1. The molecule has 0 amide bonds. The molecular weight excluding hydrogens is 292 g/mol. The summed E-state index contributed by atoms with van der Waals surface area (Å²) < 4.78 is 0.994. The minimum absolute atomic E-state index is 0.186. The van der Waals surface area contributed by atoms with Crippen LogP contribution >= 0.6 is 15.9 Å². The van der Waals surface area contributed by atoms with E-state index in [0.717, 1.165) is 15.6 Å². The highest BCUT2D eigenvalue weighted by Gasteiger charge is 2.17. The molecule has 0 bridgehead atoms. The van der Waals surface area contributed by atoms with Crippen molar-refractivity contribution in [2.75, 3.05) is 5.73 Å². The molecule has 0 saturated heterocycles. The second-order valence-corrected chi connectivity index (χ2v) is 4.98. The van der Waals surface area contributed by atoms with Gasteiger partial charge in [0, 0.05) is 28.1 Å². The number of aromatic nitrogens is 1. The van der Waals surface area contributed by atoms with Crippen molar-refractivity contribution in [3.05, 3.63) is 57.8 Å². The standard InChI is InChI=1S/C13H15BrN4/c1-8-2-3-9(11(14)6-8)13(18-16)10-7-17-5-4-12(10)15/h2-7,13,18H,16H2,1H3,(H2,15,17). The van der Waals surface area contributed by atoms with Crippen LogP contribution in [0.1, 0.15) is 22.7 Å². The Kier molecular flexibility index (Phi) is 3.96. The number of nitrogens with one attached hydrogen (secondary N) is 1. The summed E-state index contributed by atoms with van der Waals surface area (Å²) in [5.41, 5.74) is 12.5. The molecule has 1 unspecified atom stereocenters. The number of nitrogens with zero attached hydrogens (tertiary/aromatic N) is 1. The molecule has 0 aliphatic rings. The lowest BCUT2D eigenvalue weighted by Crippen LogP contribution is -2.29. The van der Waals surface area contributed by atoms with Crippen molar-refractivity contribution in [1.29, 1.82) is 0 Å². The van der Waals surface area contributed by atoms with Gasteiger partial charge < -0.3 is 5.73 Å². The fraction of sp³-hybridized carbons (Fsp3) is 0.154. The molecule has 1 heterocycles. The minimum Gasteiger partial charge on any atom is -0.398 e. The van der Waals surface area contributed by atoms with Crippen LogP contribution in [0.2, 0.25) is 0 Å². The Labute approximate surface area is 115 Å². The van der Waals surface area contributed by atoms with Crippen molar-refractivity contribution in [2.24, 2.45) is 5.84 Å². The van der Waals surface area contributed by atoms with Gasteiger partial charge in [0.2, 0.25) is 0 Å². The molecule has 1 atom stereocenters. The van der Waals surface area contributed by atoms with Crippen molar-refractivity contribution in [1.82, 2.24) is 10.4 Å². The number of nitrogens with two attached hydrogens (primary N) is 2. The topological polar surface area (TPSA) is 77.0 Å². The van der Waals surface area contributed by atoms with Gasteiger partial charge in [-0.25, -0.2) is 5.43 Å². The molecule has 4 nitrogen and oxygen atoms in total. The van der Waals surface area contributed by atoms with E-state index in [4.69, 9.17) is 11.6 Å². The smallest absolute Gasteiger partial charge is 0.0756 e. The molecule has 94 valence electrons. The summed E-state index contributed by atoms with van der Waals surface area (Å²) in [4.78, 5) is 4.10. The van der Waals surface area contributed by atoms with Crippen molar-refractivity contribution < 1.29 is 0 Å². The summed E-state index contributed by atoms with van der Waals surface area (Å²) in [7, 11) is 0. The van der Waals surface area contributed by atoms with E-state index in [-0.39, 0.29) is 6.04 Å². The summed E-state index contributed by atoms with van der Waals surface area (Å²) in [6, 6.07) is 7.69. The van der Waals surface area contributed by atoms with E-state index >= 15 is 0 Å². The summed E-state index contributed by atoms with van der Waals surface area (Å²) in [6.45, 7) is 2.04. The Morgan fingerprint density at radius 1 is 1.28 bits per heavy atom. The van der Waals surface area contributed by atoms with Gasteiger partial charge in [0.05, 0.1) is 6.04 Å². The summed E-state index contributed by atoms with van der Waals surface area (Å²) >= 11 is 3.55. The number of aryl methyl sites for hydroxylation is 1. The van der Waals surface area contributed by atoms with E-state index in [1.165, 1.54) is 5.56 Å². The zero-order valence-corrected chi connectivity index (χ0v) is 11.6. The molecule has 2 rings (SSSR count). The Morgan fingerprint density at radius 3 is 2.67 bits per heavy atom. The zero-order chi connectivity index (χ0) is 13.1. The molecule has 5 heteroatoms. The van der Waals surface area contributed by atoms with Crippen LogP contribution < -0.4 is 17.0 Å². The van der Waals surface area contributed by atoms with Crippen molar-refractivity contribution in [3.8, 4) is 0 Å². The molecule has 0 fully saturated rings. The average molecular weight is 307 g/mol. The largest absolute Gasteiger partial charge is 0.398 e. The third-order valence-electron chi connectivity index (χ3n) is 2.83. The Bertz CT molecular complexity index is 556. The maximum absolute atomic E-state index is 5.96. The number of pyridine rings is 1. The first-order chi connectivity index (χ1) is 8.63. The molecule has 18 heavy (non-hydrogen) atoms. The molecule has 1 aromatic carbocycles. The fourth-order valence-corrected chi connectivity index (χ4v) is 2.59. The quantitative estimate of drug-likeness (QED) is 0.600. The number of hydrogen-bond acceptors (Lipinski definition) is 4. The highest BCUT2D eigenvalue weighted by Crippen LogP contribution is 2.30. The van der Waals surface area contributed by atoms with Crippen LogP contribution in [0.15, 0.2) is 41.1 Å². The number of halogens is 1. The molecule has 0 aliphatic carbocycles. The van der Waals surface area contributed by atoms with E-state index in [1.54, 1.807) is 18.5 Å². The van der Waals surface area contributed by atoms with Gasteiger partial charge in [0.1, 0.15) is 0 Å². The Balaban J connectivity index is 2.49. The Morgan fingerprint density at radius 2 is 2.06 bits per heavy atom. The molecule has 0 saturated carbocycles. The monoisotopic (exact) mass is 306 g/mol. The lowest BCUT2D eigenvalue weighted by molar-refractivity contribution is 0.634. The third kappa shape index (κ3) is 2.53. The van der Waals surface area contributed by atoms with Crippen LogP contribution in [0.5, 0.6) is 0 Å². The normalized spacial score (nSPS) is 12.4. The van der Waals surface area contributed by atoms with Gasteiger partial charge in [-0.15, -0.1) is 0 Å². The van der Waals surface area contributed by atoms with Crippen LogP contribution in [0.25, 0.3) is 0 Å². The van der Waals surface area contributed by atoms with Crippen molar-refractivity contribution >= 4 is 21.6 Å². The number of hydrazine groups is 1. The van der Waals surface area contributed by atoms with Crippen LogP contribution in [0.4, 0.5) is 5.69 Å². The molecule has 1 aromatic heterocycles. The number of anilines is 1. The molecular formula is C13H15BrN4. The fourth-order valence-electron chi connectivity index (χ4n) is 1.87. The highest BCUT2D eigenvalue weighted by molar-refractivity contribution is 9.10. The molecule has 0 aliphatic heterocycles. The minimum atomic E-state index is -0.186. The molecule has 5 N–H and O–H groups in total. The first kappa shape index (κ1) is 13.0. The van der Waals surface area contributed by atoms with Gasteiger partial charge in [-0.05, 0) is 30.2 Å². The van der Waals surface area contributed by atoms with E-state index in [1.807, 2.05) is 25.1 Å². The van der Waals surface area contributed by atoms with E-state index < -0.39 is 0 Å². The summed E-state index contributed by atoms with van der Waals surface area (Å²) in [6.07, 6.45) is 3.39. The maximum Gasteiger partial charge on any atom is 0.0756 e. The SMILES string of the molecule is Cc1ccc(C(NN)c2cnccc2N)c(Br)c1. The number of hydrogen-bond donors (Lipinski definition) is 3. The molecule has 0 spiro atoms. The van der Waals surface area contributed by atoms with Crippen molar-refractivity contribution in [2.45, 2.75) is 13.0 Å². The predicted molar refractivity (Wildman–Crippen MR) is 76.7 cm³/mol. The first-order valence-corrected chi connectivity index (χ1v) is 6.34. The molecule has 0 radical (unpaired) electrons. The van der Waals surface area contributed by atoms with Crippen LogP contribution in [-0.2, 0) is 0 Å². The maximum atomic E-state index is 5.96. The second kappa shape index (κ2) is 5.48. The van der Waals surface area contributed by atoms with Gasteiger partial charge in [0.15, 0.2) is 0 Å². The first-order valence-electron chi connectivity index (χ1n) is 5.55. The predicted octanol–water partition coefficient (Wildman–Crippen LogP) is 2.29. The van der Waals surface area contributed by atoms with Gasteiger partial charge in [-0.3, -0.25) is 10.8 Å². The van der Waals surface area contributed by atoms with E-state index in [9.17, 15) is 0 Å². The number of nitrogen functional groups attached to an aromatic ring is 1. The van der Waals surface area contributed by atoms with Gasteiger partial charge in [-0.1, -0.05) is 28.1 Å². The number of rotatable bonds is 3. The van der Waals surface area contributed by atoms with Crippen LogP contribution in [-0.4, -0.2) is 4.98 Å². The second-order valence-electron chi connectivity index (χ2n) is 4.13. The van der Waals surface area contributed by atoms with E-state index in [0.29, 0.717) is 5.69 Å². The van der Waals surface area contributed by atoms with Crippen LogP contribution in [0.3, 0.4) is 0 Å². The molecule has 2 aromatic rings.